The van der Waals surface area contributed by atoms with E-state index in [0.29, 0.717) is 26.3 Å². The van der Waals surface area contributed by atoms with Gasteiger partial charge in [0.15, 0.2) is 11.5 Å². The molecular weight excluding hydrogens is 362 g/mol. The average molecular weight is 391 g/mol. The number of nitrogens with zero attached hydrogens (tertiary/aromatic N) is 3. The predicted molar refractivity (Wildman–Crippen MR) is 104 cm³/mol. The lowest BCUT2D eigenvalue weighted by Crippen LogP contribution is -2.42. The van der Waals surface area contributed by atoms with Gasteiger partial charge in [-0.3, -0.25) is 9.69 Å². The quantitative estimate of drug-likeness (QED) is 0.625. The summed E-state index contributed by atoms with van der Waals surface area (Å²) in [6, 6.07) is 7.64. The highest BCUT2D eigenvalue weighted by molar-refractivity contribution is 5.82. The number of rotatable bonds is 8. The molecule has 2 amide bonds. The maximum atomic E-state index is 12.5. The SMILES string of the molecule is COc1ccccc1OCCCN1CCCN(C(=O)CN2CCOC2=O)CC1. The lowest BCUT2D eigenvalue weighted by molar-refractivity contribution is -0.131. The first-order valence-electron chi connectivity index (χ1n) is 9.85. The molecule has 8 nitrogen and oxygen atoms in total. The Hall–Kier alpha value is -2.48. The van der Waals surface area contributed by atoms with Gasteiger partial charge in [0.2, 0.25) is 5.91 Å². The van der Waals surface area contributed by atoms with Crippen molar-refractivity contribution in [3.8, 4) is 11.5 Å². The molecule has 2 heterocycles. The lowest BCUT2D eigenvalue weighted by atomic mass is 10.3. The fourth-order valence-electron chi connectivity index (χ4n) is 3.48. The van der Waals surface area contributed by atoms with Crippen molar-refractivity contribution in [3.05, 3.63) is 24.3 Å². The Morgan fingerprint density at radius 3 is 2.68 bits per heavy atom. The Morgan fingerprint density at radius 1 is 1.11 bits per heavy atom. The van der Waals surface area contributed by atoms with E-state index in [0.717, 1.165) is 50.5 Å². The van der Waals surface area contributed by atoms with E-state index >= 15 is 0 Å². The van der Waals surface area contributed by atoms with E-state index in [1.807, 2.05) is 29.2 Å². The molecule has 0 radical (unpaired) electrons. The number of benzene rings is 1. The number of para-hydroxylation sites is 2. The third kappa shape index (κ3) is 5.51. The van der Waals surface area contributed by atoms with Crippen LogP contribution in [0.5, 0.6) is 11.5 Å². The second kappa shape index (κ2) is 10.2. The molecule has 0 aromatic heterocycles. The molecule has 2 saturated heterocycles. The Labute approximate surface area is 165 Å². The number of carbonyl (C=O) groups is 2. The summed E-state index contributed by atoms with van der Waals surface area (Å²) < 4.78 is 16.0. The standard InChI is InChI=1S/C20H29N3O5/c1-26-17-6-2-3-7-18(17)27-14-5-9-21-8-4-10-22(12-11-21)19(24)16-23-13-15-28-20(23)25/h2-3,6-7H,4-5,8-16H2,1H3. The Morgan fingerprint density at radius 2 is 1.93 bits per heavy atom. The summed E-state index contributed by atoms with van der Waals surface area (Å²) in [6.07, 6.45) is 1.45. The Kier molecular flexibility index (Phi) is 7.36. The molecule has 0 aliphatic carbocycles. The van der Waals surface area contributed by atoms with Crippen LogP contribution >= 0.6 is 0 Å². The van der Waals surface area contributed by atoms with Crippen molar-refractivity contribution >= 4 is 12.0 Å². The van der Waals surface area contributed by atoms with E-state index in [1.54, 1.807) is 7.11 Å². The summed E-state index contributed by atoms with van der Waals surface area (Å²) in [5.74, 6) is 1.51. The summed E-state index contributed by atoms with van der Waals surface area (Å²) in [7, 11) is 1.64. The third-order valence-corrected chi connectivity index (χ3v) is 5.06. The minimum Gasteiger partial charge on any atom is -0.493 e. The molecule has 3 rings (SSSR count). The van der Waals surface area contributed by atoms with Crippen molar-refractivity contribution in [2.24, 2.45) is 0 Å². The minimum atomic E-state index is -0.389. The summed E-state index contributed by atoms with van der Waals surface area (Å²) in [6.45, 7) is 5.76. The zero-order valence-corrected chi connectivity index (χ0v) is 16.5. The molecular formula is C20H29N3O5. The summed E-state index contributed by atoms with van der Waals surface area (Å²) >= 11 is 0. The normalized spacial score (nSPS) is 18.0. The molecule has 1 aromatic carbocycles. The first kappa shape index (κ1) is 20.3. The van der Waals surface area contributed by atoms with Crippen LogP contribution in [0.2, 0.25) is 0 Å². The number of hydrogen-bond acceptors (Lipinski definition) is 6. The highest BCUT2D eigenvalue weighted by Gasteiger charge is 2.27. The van der Waals surface area contributed by atoms with Gasteiger partial charge in [0.05, 0.1) is 20.3 Å². The number of ether oxygens (including phenoxy) is 3. The van der Waals surface area contributed by atoms with Gasteiger partial charge in [0.1, 0.15) is 13.2 Å². The van der Waals surface area contributed by atoms with Crippen molar-refractivity contribution in [3.63, 3.8) is 0 Å². The second-order valence-corrected chi connectivity index (χ2v) is 6.96. The third-order valence-electron chi connectivity index (χ3n) is 5.06. The number of amides is 2. The van der Waals surface area contributed by atoms with Crippen molar-refractivity contribution in [1.29, 1.82) is 0 Å². The molecule has 28 heavy (non-hydrogen) atoms. The predicted octanol–water partition coefficient (Wildman–Crippen LogP) is 1.45. The first-order valence-corrected chi connectivity index (χ1v) is 9.85. The second-order valence-electron chi connectivity index (χ2n) is 6.96. The van der Waals surface area contributed by atoms with Crippen molar-refractivity contribution in [2.45, 2.75) is 12.8 Å². The van der Waals surface area contributed by atoms with Gasteiger partial charge >= 0.3 is 6.09 Å². The molecule has 0 saturated carbocycles. The van der Waals surface area contributed by atoms with E-state index in [4.69, 9.17) is 14.2 Å². The van der Waals surface area contributed by atoms with Gasteiger partial charge in [-0.25, -0.2) is 4.79 Å². The van der Waals surface area contributed by atoms with Gasteiger partial charge < -0.3 is 24.0 Å². The van der Waals surface area contributed by atoms with Crippen molar-refractivity contribution in [1.82, 2.24) is 14.7 Å². The molecule has 2 aliphatic heterocycles. The van der Waals surface area contributed by atoms with Gasteiger partial charge in [-0.15, -0.1) is 0 Å². The minimum absolute atomic E-state index is 0.000191. The highest BCUT2D eigenvalue weighted by atomic mass is 16.6. The van der Waals surface area contributed by atoms with Gasteiger partial charge in [0, 0.05) is 26.2 Å². The molecule has 0 atom stereocenters. The van der Waals surface area contributed by atoms with E-state index in [2.05, 4.69) is 4.90 Å². The summed E-state index contributed by atoms with van der Waals surface area (Å²) in [5, 5.41) is 0. The van der Waals surface area contributed by atoms with Crippen molar-refractivity contribution < 1.29 is 23.8 Å². The number of carbonyl (C=O) groups excluding carboxylic acids is 2. The molecule has 0 spiro atoms. The topological polar surface area (TPSA) is 71.6 Å². The molecule has 0 N–H and O–H groups in total. The molecule has 0 unspecified atom stereocenters. The van der Waals surface area contributed by atoms with E-state index in [-0.39, 0.29) is 18.5 Å². The van der Waals surface area contributed by atoms with Crippen LogP contribution in [0.25, 0.3) is 0 Å². The molecule has 0 bridgehead atoms. The van der Waals surface area contributed by atoms with Crippen LogP contribution in [0.15, 0.2) is 24.3 Å². The van der Waals surface area contributed by atoms with Crippen LogP contribution in [-0.4, -0.2) is 92.8 Å². The van der Waals surface area contributed by atoms with Gasteiger partial charge in [0.25, 0.3) is 0 Å². The molecule has 8 heteroatoms. The fraction of sp³-hybridized carbons (Fsp3) is 0.600. The zero-order chi connectivity index (χ0) is 19.8. The largest absolute Gasteiger partial charge is 0.493 e. The van der Waals surface area contributed by atoms with Crippen LogP contribution in [0.1, 0.15) is 12.8 Å². The number of methoxy groups -OCH3 is 1. The number of hydrogen-bond donors (Lipinski definition) is 0. The van der Waals surface area contributed by atoms with Gasteiger partial charge in [-0.2, -0.15) is 0 Å². The number of cyclic esters (lactones) is 1. The average Bonchev–Trinajstić information content (AvgIpc) is 2.97. The molecule has 2 fully saturated rings. The Balaban J connectivity index is 1.36. The Bertz CT molecular complexity index is 669. The van der Waals surface area contributed by atoms with Crippen LogP contribution in [0.4, 0.5) is 4.79 Å². The fourth-order valence-corrected chi connectivity index (χ4v) is 3.48. The highest BCUT2D eigenvalue weighted by Crippen LogP contribution is 2.25. The summed E-state index contributed by atoms with van der Waals surface area (Å²) in [5.41, 5.74) is 0. The van der Waals surface area contributed by atoms with Crippen LogP contribution < -0.4 is 9.47 Å². The lowest BCUT2D eigenvalue weighted by Gasteiger charge is -2.23. The van der Waals surface area contributed by atoms with Crippen LogP contribution in [0, 0.1) is 0 Å². The van der Waals surface area contributed by atoms with Crippen LogP contribution in [0.3, 0.4) is 0 Å². The zero-order valence-electron chi connectivity index (χ0n) is 16.5. The summed E-state index contributed by atoms with van der Waals surface area (Å²) in [4.78, 5) is 29.7. The monoisotopic (exact) mass is 391 g/mol. The van der Waals surface area contributed by atoms with E-state index < -0.39 is 0 Å². The van der Waals surface area contributed by atoms with E-state index in [1.165, 1.54) is 4.90 Å². The smallest absolute Gasteiger partial charge is 0.410 e. The maximum absolute atomic E-state index is 12.5. The van der Waals surface area contributed by atoms with Crippen molar-refractivity contribution in [2.75, 3.05) is 66.1 Å². The van der Waals surface area contributed by atoms with E-state index in [9.17, 15) is 9.59 Å². The van der Waals surface area contributed by atoms with Gasteiger partial charge in [-0.05, 0) is 31.5 Å². The molecule has 154 valence electrons. The first-order chi connectivity index (χ1) is 13.7. The molecule has 2 aliphatic rings. The maximum Gasteiger partial charge on any atom is 0.410 e. The van der Waals surface area contributed by atoms with Crippen LogP contribution in [-0.2, 0) is 9.53 Å². The van der Waals surface area contributed by atoms with Gasteiger partial charge in [-0.1, -0.05) is 12.1 Å². The molecule has 1 aromatic rings.